The summed E-state index contributed by atoms with van der Waals surface area (Å²) in [5, 5.41) is 0. The van der Waals surface area contributed by atoms with Crippen molar-refractivity contribution in [1.82, 2.24) is 9.55 Å². The largest absolute Gasteiger partial charge is 0.619 e. The van der Waals surface area contributed by atoms with E-state index in [1.165, 1.54) is 22.8 Å². The predicted octanol–water partition coefficient (Wildman–Crippen LogP) is 3.02. The molecule has 1 aromatic carbocycles. The van der Waals surface area contributed by atoms with Crippen LogP contribution >= 0.6 is 20.4 Å². The quantitative estimate of drug-likeness (QED) is 0.586. The van der Waals surface area contributed by atoms with E-state index in [9.17, 15) is 14.1 Å². The fourth-order valence-electron chi connectivity index (χ4n) is 2.96. The zero-order valence-electron chi connectivity index (χ0n) is 14.0. The van der Waals surface area contributed by atoms with Gasteiger partial charge in [0.15, 0.2) is 5.75 Å². The molecule has 11 heteroatoms. The average Bonchev–Trinajstić information content (AvgIpc) is 3.09. The third kappa shape index (κ3) is 4.11. The maximum Gasteiger partial charge on any atom is 0.619 e. The molecule has 4 rings (SSSR count). The van der Waals surface area contributed by atoms with E-state index in [1.54, 1.807) is 12.3 Å². The Morgan fingerprint density at radius 1 is 1.41 bits per heavy atom. The molecule has 3 heterocycles. The second-order valence-corrected chi connectivity index (χ2v) is 8.26. The maximum atomic E-state index is 13.2. The van der Waals surface area contributed by atoms with Crippen LogP contribution in [-0.2, 0) is 20.4 Å². The van der Waals surface area contributed by atoms with Gasteiger partial charge in [0, 0.05) is 11.8 Å². The zero-order chi connectivity index (χ0) is 19.0. The van der Waals surface area contributed by atoms with Gasteiger partial charge in [0.2, 0.25) is 0 Å². The fourth-order valence-corrected chi connectivity index (χ4v) is 4.37. The van der Waals surface area contributed by atoms with Crippen molar-refractivity contribution in [3.63, 3.8) is 0 Å². The highest BCUT2D eigenvalue weighted by atomic mass is 32.1. The molecule has 27 heavy (non-hydrogen) atoms. The van der Waals surface area contributed by atoms with Gasteiger partial charge in [-0.1, -0.05) is 12.2 Å². The van der Waals surface area contributed by atoms with Gasteiger partial charge in [0.25, 0.3) is 0 Å². The third-order valence-corrected chi connectivity index (χ3v) is 5.89. The predicted molar refractivity (Wildman–Crippen MR) is 95.9 cm³/mol. The first-order chi connectivity index (χ1) is 12.9. The molecule has 0 amide bonds. The number of ether oxygens (including phenoxy) is 1. The number of nitrogens with one attached hydrogen (secondary N) is 1. The number of hydrogen-bond donors (Lipinski definition) is 2. The molecule has 2 aliphatic rings. The molecule has 0 aliphatic carbocycles. The van der Waals surface area contributed by atoms with Gasteiger partial charge >= 0.3 is 13.9 Å². The molecule has 2 aliphatic heterocycles. The summed E-state index contributed by atoms with van der Waals surface area (Å²) in [6.45, 7) is 0.0269. The molecule has 0 bridgehead atoms. The van der Waals surface area contributed by atoms with E-state index in [0.717, 1.165) is 0 Å². The summed E-state index contributed by atoms with van der Waals surface area (Å²) in [5.74, 6) is -0.0811. The monoisotopic (exact) mass is 415 g/mol. The topological polar surface area (TPSA) is 94.9 Å². The van der Waals surface area contributed by atoms with Crippen LogP contribution in [0.3, 0.4) is 0 Å². The number of benzene rings is 1. The Morgan fingerprint density at radius 3 is 3.07 bits per heavy atom. The van der Waals surface area contributed by atoms with Crippen molar-refractivity contribution in [3.8, 4) is 5.75 Å². The number of hydrogen-bond acceptors (Lipinski definition) is 7. The van der Waals surface area contributed by atoms with Crippen LogP contribution < -0.4 is 10.2 Å². The first-order valence-electron chi connectivity index (χ1n) is 8.28. The van der Waals surface area contributed by atoms with E-state index in [0.29, 0.717) is 28.8 Å². The van der Waals surface area contributed by atoms with E-state index in [1.807, 2.05) is 0 Å². The second kappa shape index (κ2) is 7.38. The first kappa shape index (κ1) is 18.7. The third-order valence-electron chi connectivity index (χ3n) is 4.29. The van der Waals surface area contributed by atoms with Crippen molar-refractivity contribution in [2.75, 3.05) is 6.61 Å². The minimum atomic E-state index is -3.56. The van der Waals surface area contributed by atoms with Crippen molar-refractivity contribution in [2.45, 2.75) is 31.8 Å². The first-order valence-corrected chi connectivity index (χ1v) is 10.2. The normalized spacial score (nSPS) is 27.2. The Labute approximate surface area is 159 Å². The summed E-state index contributed by atoms with van der Waals surface area (Å²) in [4.78, 5) is 24.9. The van der Waals surface area contributed by atoms with Crippen LogP contribution in [0.4, 0.5) is 4.39 Å². The van der Waals surface area contributed by atoms with Crippen LogP contribution in [0, 0.1) is 10.5 Å². The Hall–Kier alpha value is -1.68. The van der Waals surface area contributed by atoms with Crippen LogP contribution in [-0.4, -0.2) is 27.2 Å². The minimum Gasteiger partial charge on any atom is -0.352 e. The van der Waals surface area contributed by atoms with Crippen LogP contribution in [0.2, 0.25) is 0 Å². The summed E-state index contributed by atoms with van der Waals surface area (Å²) in [5.41, 5.74) is 0.157. The van der Waals surface area contributed by atoms with E-state index in [2.05, 4.69) is 4.98 Å². The Balaban J connectivity index is 1.36. The lowest BCUT2D eigenvalue weighted by molar-refractivity contribution is -0.0301. The number of nitrogens with zero attached hydrogens (tertiary/aromatic N) is 1. The minimum absolute atomic E-state index is 0.00975. The van der Waals surface area contributed by atoms with Gasteiger partial charge in [-0.25, -0.2) is 9.18 Å². The van der Waals surface area contributed by atoms with Crippen molar-refractivity contribution >= 4 is 20.4 Å². The highest BCUT2D eigenvalue weighted by molar-refractivity contribution is 7.71. The van der Waals surface area contributed by atoms with Gasteiger partial charge in [0.1, 0.15) is 29.9 Å². The fraction of sp³-hybridized carbons (Fsp3) is 0.375. The number of halogens is 1. The lowest BCUT2D eigenvalue weighted by Gasteiger charge is -2.22. The van der Waals surface area contributed by atoms with Crippen molar-refractivity contribution in [3.05, 3.63) is 57.0 Å². The van der Waals surface area contributed by atoms with Gasteiger partial charge in [-0.2, -0.15) is 4.89 Å². The van der Waals surface area contributed by atoms with E-state index in [-0.39, 0.29) is 25.0 Å². The molecule has 0 spiro atoms. The van der Waals surface area contributed by atoms with E-state index in [4.69, 9.17) is 30.5 Å². The molecular formula is C16H17FN2O6PS+. The van der Waals surface area contributed by atoms with Crippen LogP contribution in [0.25, 0.3) is 0 Å². The van der Waals surface area contributed by atoms with Gasteiger partial charge < -0.3 is 4.74 Å². The smallest absolute Gasteiger partial charge is 0.352 e. The summed E-state index contributed by atoms with van der Waals surface area (Å²) in [6, 6.07) is 5.56. The second-order valence-electron chi connectivity index (χ2n) is 6.19. The Kier molecular flexibility index (Phi) is 5.11. The van der Waals surface area contributed by atoms with Crippen molar-refractivity contribution in [1.29, 1.82) is 0 Å². The number of rotatable bonds is 4. The van der Waals surface area contributed by atoms with Gasteiger partial charge in [-0.15, -0.1) is 9.05 Å². The van der Waals surface area contributed by atoms with Crippen molar-refractivity contribution in [2.24, 2.45) is 0 Å². The summed E-state index contributed by atoms with van der Waals surface area (Å²) in [6.07, 6.45) is 2.05. The highest BCUT2D eigenvalue weighted by Gasteiger charge is 2.51. The number of H-pyrrole nitrogens is 1. The Morgan fingerprint density at radius 2 is 2.26 bits per heavy atom. The number of aromatic amines is 1. The van der Waals surface area contributed by atoms with Gasteiger partial charge in [0.05, 0.1) is 6.10 Å². The van der Waals surface area contributed by atoms with Crippen LogP contribution in [0.5, 0.6) is 5.75 Å². The highest BCUT2D eigenvalue weighted by Crippen LogP contribution is 2.61. The van der Waals surface area contributed by atoms with Gasteiger partial charge in [-0.3, -0.25) is 14.1 Å². The molecule has 3 unspecified atom stereocenters. The summed E-state index contributed by atoms with van der Waals surface area (Å²) >= 11 is 4.92. The lowest BCUT2D eigenvalue weighted by Crippen LogP contribution is -2.27. The molecule has 0 saturated carbocycles. The number of fused-ring (bicyclic) bond motifs is 1. The molecule has 0 radical (unpaired) electrons. The molecule has 2 aromatic rings. The van der Waals surface area contributed by atoms with Crippen LogP contribution in [0.15, 0.2) is 35.3 Å². The number of aromatic nitrogens is 2. The zero-order valence-corrected chi connectivity index (χ0v) is 15.7. The SMILES string of the molecule is O=c1[nH]c(=S)ccn1C1CCC(CO[P+]2(O)OCc3cc(F)ccc3O2)O1. The summed E-state index contributed by atoms with van der Waals surface area (Å²) < 4.78 is 37.0. The maximum absolute atomic E-state index is 13.2. The van der Waals surface area contributed by atoms with Gasteiger partial charge in [-0.05, 0) is 37.1 Å². The standard InChI is InChI=1S/C16H16FN2O6PS/c17-11-1-3-13-10(7-11)8-22-26(21,25-13)23-9-12-2-4-15(24-12)19-6-5-14(27)18-16(19)20/h1,3,5-7,12,15,21H,2,4,8-9H2/p+1. The molecule has 144 valence electrons. The van der Waals surface area contributed by atoms with Crippen LogP contribution in [0.1, 0.15) is 24.6 Å². The van der Waals surface area contributed by atoms with Crippen molar-refractivity contribution < 1.29 is 27.6 Å². The molecule has 3 atom stereocenters. The molecule has 2 N–H and O–H groups in total. The molecule has 1 saturated heterocycles. The molecule has 1 fully saturated rings. The lowest BCUT2D eigenvalue weighted by atomic mass is 10.2. The Bertz CT molecular complexity index is 968. The summed E-state index contributed by atoms with van der Waals surface area (Å²) in [7, 11) is -3.56. The molecular weight excluding hydrogens is 398 g/mol. The average molecular weight is 415 g/mol. The van der Waals surface area contributed by atoms with E-state index >= 15 is 0 Å². The molecule has 8 nitrogen and oxygen atoms in total. The molecule has 1 aromatic heterocycles. The van der Waals surface area contributed by atoms with E-state index < -0.39 is 20.2 Å².